The maximum absolute atomic E-state index is 9.27. The summed E-state index contributed by atoms with van der Waals surface area (Å²) in [5.74, 6) is 0. The van der Waals surface area contributed by atoms with Crippen molar-refractivity contribution < 1.29 is 5.11 Å². The van der Waals surface area contributed by atoms with Crippen LogP contribution in [0.15, 0.2) is 24.3 Å². The van der Waals surface area contributed by atoms with Gasteiger partial charge in [-0.2, -0.15) is 0 Å². The van der Waals surface area contributed by atoms with Crippen molar-refractivity contribution in [1.82, 2.24) is 4.90 Å². The number of aliphatic hydroxyl groups excluding tert-OH is 1. The van der Waals surface area contributed by atoms with Gasteiger partial charge in [-0.3, -0.25) is 4.90 Å². The Hall–Kier alpha value is -1.06. The SMILES string of the molecule is CCN(CCC(C)O)Cc1ccccc1N. The second-order valence-corrected chi connectivity index (χ2v) is 4.21. The van der Waals surface area contributed by atoms with E-state index in [9.17, 15) is 5.11 Å². The summed E-state index contributed by atoms with van der Waals surface area (Å²) in [6.07, 6.45) is 0.572. The number of anilines is 1. The highest BCUT2D eigenvalue weighted by molar-refractivity contribution is 5.46. The van der Waals surface area contributed by atoms with E-state index in [1.54, 1.807) is 0 Å². The lowest BCUT2D eigenvalue weighted by Crippen LogP contribution is -2.26. The zero-order valence-electron chi connectivity index (χ0n) is 10.2. The Kier molecular flexibility index (Phi) is 5.29. The van der Waals surface area contributed by atoms with Gasteiger partial charge in [0, 0.05) is 18.8 Å². The third-order valence-corrected chi connectivity index (χ3v) is 2.76. The molecule has 16 heavy (non-hydrogen) atoms. The number of benzene rings is 1. The predicted octanol–water partition coefficient (Wildman–Crippen LogP) is 1.86. The van der Waals surface area contributed by atoms with Gasteiger partial charge in [-0.25, -0.2) is 0 Å². The number of rotatable bonds is 6. The lowest BCUT2D eigenvalue weighted by atomic mass is 10.1. The Balaban J connectivity index is 2.53. The van der Waals surface area contributed by atoms with Gasteiger partial charge in [0.05, 0.1) is 6.10 Å². The summed E-state index contributed by atoms with van der Waals surface area (Å²) in [5.41, 5.74) is 7.91. The van der Waals surface area contributed by atoms with E-state index in [1.165, 1.54) is 0 Å². The van der Waals surface area contributed by atoms with Crippen molar-refractivity contribution in [2.24, 2.45) is 0 Å². The maximum atomic E-state index is 9.27. The number of nitrogen functional groups attached to an aromatic ring is 1. The third-order valence-electron chi connectivity index (χ3n) is 2.76. The predicted molar refractivity (Wildman–Crippen MR) is 68.1 cm³/mol. The minimum absolute atomic E-state index is 0.234. The van der Waals surface area contributed by atoms with Crippen molar-refractivity contribution in [2.75, 3.05) is 18.8 Å². The molecule has 1 aromatic carbocycles. The van der Waals surface area contributed by atoms with Gasteiger partial charge in [-0.05, 0) is 31.5 Å². The number of nitrogens with zero attached hydrogens (tertiary/aromatic N) is 1. The average Bonchev–Trinajstić information content (AvgIpc) is 2.26. The molecule has 0 saturated carbocycles. The van der Waals surface area contributed by atoms with Crippen molar-refractivity contribution in [1.29, 1.82) is 0 Å². The van der Waals surface area contributed by atoms with E-state index in [2.05, 4.69) is 17.9 Å². The highest BCUT2D eigenvalue weighted by Crippen LogP contribution is 2.13. The van der Waals surface area contributed by atoms with Gasteiger partial charge in [-0.15, -0.1) is 0 Å². The largest absolute Gasteiger partial charge is 0.398 e. The molecular formula is C13H22N2O. The van der Waals surface area contributed by atoms with E-state index in [1.807, 2.05) is 25.1 Å². The van der Waals surface area contributed by atoms with Gasteiger partial charge in [0.2, 0.25) is 0 Å². The molecule has 0 spiro atoms. The minimum Gasteiger partial charge on any atom is -0.398 e. The molecule has 0 aromatic heterocycles. The van der Waals surface area contributed by atoms with E-state index in [-0.39, 0.29) is 6.10 Å². The smallest absolute Gasteiger partial charge is 0.0524 e. The first kappa shape index (κ1) is 13.0. The number of para-hydroxylation sites is 1. The molecule has 0 amide bonds. The average molecular weight is 222 g/mol. The molecule has 0 aliphatic rings. The summed E-state index contributed by atoms with van der Waals surface area (Å²) < 4.78 is 0. The van der Waals surface area contributed by atoms with Crippen LogP contribution in [-0.4, -0.2) is 29.2 Å². The fraction of sp³-hybridized carbons (Fsp3) is 0.538. The number of aliphatic hydroxyl groups is 1. The first-order valence-electron chi connectivity index (χ1n) is 5.87. The molecule has 1 atom stereocenters. The fourth-order valence-corrected chi connectivity index (χ4v) is 1.64. The van der Waals surface area contributed by atoms with Crippen LogP contribution in [-0.2, 0) is 6.54 Å². The standard InChI is InChI=1S/C13H22N2O/c1-3-15(9-8-11(2)16)10-12-6-4-5-7-13(12)14/h4-7,11,16H,3,8-10,14H2,1-2H3. The highest BCUT2D eigenvalue weighted by atomic mass is 16.3. The Labute approximate surface area is 97.9 Å². The molecule has 0 saturated heterocycles. The number of hydrogen-bond acceptors (Lipinski definition) is 3. The van der Waals surface area contributed by atoms with Crippen LogP contribution in [0.25, 0.3) is 0 Å². The first-order valence-corrected chi connectivity index (χ1v) is 5.87. The van der Waals surface area contributed by atoms with Crippen LogP contribution < -0.4 is 5.73 Å². The molecule has 0 fully saturated rings. The Morgan fingerprint density at radius 2 is 2.06 bits per heavy atom. The van der Waals surface area contributed by atoms with E-state index in [0.29, 0.717) is 0 Å². The lowest BCUT2D eigenvalue weighted by molar-refractivity contribution is 0.156. The molecular weight excluding hydrogens is 200 g/mol. The molecule has 0 aliphatic heterocycles. The van der Waals surface area contributed by atoms with Crippen LogP contribution >= 0.6 is 0 Å². The van der Waals surface area contributed by atoms with Crippen LogP contribution in [0, 0.1) is 0 Å². The topological polar surface area (TPSA) is 49.5 Å². The van der Waals surface area contributed by atoms with Crippen LogP contribution in [0.2, 0.25) is 0 Å². The van der Waals surface area contributed by atoms with Crippen molar-refractivity contribution in [3.63, 3.8) is 0 Å². The molecule has 3 N–H and O–H groups in total. The number of hydrogen-bond donors (Lipinski definition) is 2. The monoisotopic (exact) mass is 222 g/mol. The van der Waals surface area contributed by atoms with Crippen molar-refractivity contribution in [2.45, 2.75) is 32.9 Å². The molecule has 0 heterocycles. The van der Waals surface area contributed by atoms with E-state index < -0.39 is 0 Å². The molecule has 3 nitrogen and oxygen atoms in total. The first-order chi connectivity index (χ1) is 7.63. The molecule has 90 valence electrons. The van der Waals surface area contributed by atoms with Crippen molar-refractivity contribution in [3.8, 4) is 0 Å². The molecule has 0 radical (unpaired) electrons. The van der Waals surface area contributed by atoms with Crippen molar-refractivity contribution in [3.05, 3.63) is 29.8 Å². The Morgan fingerprint density at radius 1 is 1.38 bits per heavy atom. The van der Waals surface area contributed by atoms with Crippen molar-refractivity contribution >= 4 is 5.69 Å². The zero-order chi connectivity index (χ0) is 12.0. The molecule has 0 bridgehead atoms. The summed E-state index contributed by atoms with van der Waals surface area (Å²) in [7, 11) is 0. The normalized spacial score (nSPS) is 13.0. The van der Waals surface area contributed by atoms with Crippen LogP contribution in [0.4, 0.5) is 5.69 Å². The summed E-state index contributed by atoms with van der Waals surface area (Å²) in [4.78, 5) is 2.29. The molecule has 0 aliphatic carbocycles. The second kappa shape index (κ2) is 6.51. The quantitative estimate of drug-likeness (QED) is 0.722. The van der Waals surface area contributed by atoms with Gasteiger partial charge in [0.1, 0.15) is 0 Å². The summed E-state index contributed by atoms with van der Waals surface area (Å²) >= 11 is 0. The minimum atomic E-state index is -0.234. The lowest BCUT2D eigenvalue weighted by Gasteiger charge is -2.21. The molecule has 1 unspecified atom stereocenters. The third kappa shape index (κ3) is 4.21. The summed E-state index contributed by atoms with van der Waals surface area (Å²) in [6.45, 7) is 6.69. The van der Waals surface area contributed by atoms with Gasteiger partial charge in [0.15, 0.2) is 0 Å². The summed E-state index contributed by atoms with van der Waals surface area (Å²) in [6, 6.07) is 7.94. The van der Waals surface area contributed by atoms with E-state index in [4.69, 9.17) is 5.73 Å². The van der Waals surface area contributed by atoms with E-state index >= 15 is 0 Å². The van der Waals surface area contributed by atoms with E-state index in [0.717, 1.165) is 37.3 Å². The molecule has 1 rings (SSSR count). The van der Waals surface area contributed by atoms with Gasteiger partial charge < -0.3 is 10.8 Å². The second-order valence-electron chi connectivity index (χ2n) is 4.21. The van der Waals surface area contributed by atoms with Gasteiger partial charge in [0.25, 0.3) is 0 Å². The zero-order valence-corrected chi connectivity index (χ0v) is 10.2. The van der Waals surface area contributed by atoms with Crippen LogP contribution in [0.3, 0.4) is 0 Å². The van der Waals surface area contributed by atoms with Gasteiger partial charge in [-0.1, -0.05) is 25.1 Å². The number of nitrogens with two attached hydrogens (primary N) is 1. The maximum Gasteiger partial charge on any atom is 0.0524 e. The van der Waals surface area contributed by atoms with Crippen LogP contribution in [0.5, 0.6) is 0 Å². The molecule has 3 heteroatoms. The highest BCUT2D eigenvalue weighted by Gasteiger charge is 2.07. The van der Waals surface area contributed by atoms with Crippen LogP contribution in [0.1, 0.15) is 25.8 Å². The van der Waals surface area contributed by atoms with Gasteiger partial charge >= 0.3 is 0 Å². The summed E-state index contributed by atoms with van der Waals surface area (Å²) in [5, 5.41) is 9.27. The Bertz CT molecular complexity index is 313. The molecule has 1 aromatic rings. The fourth-order valence-electron chi connectivity index (χ4n) is 1.64. The Morgan fingerprint density at radius 3 is 2.62 bits per heavy atom.